The molecule has 0 saturated heterocycles. The number of amides is 1. The van der Waals surface area contributed by atoms with E-state index in [1.165, 1.54) is 5.56 Å². The Kier molecular flexibility index (Phi) is 4.42. The Bertz CT molecular complexity index is 712. The molecule has 0 radical (unpaired) electrons. The molecule has 0 spiro atoms. The fraction of sp³-hybridized carbons (Fsp3) is 0.263. The van der Waals surface area contributed by atoms with Crippen LogP contribution in [0.3, 0.4) is 0 Å². The van der Waals surface area contributed by atoms with Crippen LogP contribution < -0.4 is 0 Å². The second-order valence-electron chi connectivity index (χ2n) is 5.74. The molecule has 118 valence electrons. The molecule has 2 aromatic carbocycles. The van der Waals surface area contributed by atoms with Crippen LogP contribution in [0.1, 0.15) is 35.6 Å². The fourth-order valence-electron chi connectivity index (χ4n) is 3.19. The third kappa shape index (κ3) is 3.26. The van der Waals surface area contributed by atoms with Crippen LogP contribution in [0.25, 0.3) is 0 Å². The highest BCUT2D eigenvalue weighted by molar-refractivity contribution is 5.81. The Balaban J connectivity index is 1.96. The number of carbonyl (C=O) groups is 2. The highest BCUT2D eigenvalue weighted by atomic mass is 16.4. The van der Waals surface area contributed by atoms with E-state index in [1.54, 1.807) is 0 Å². The Morgan fingerprint density at radius 2 is 1.70 bits per heavy atom. The molecule has 0 aliphatic carbocycles. The Labute approximate surface area is 135 Å². The van der Waals surface area contributed by atoms with E-state index in [0.29, 0.717) is 6.54 Å². The van der Waals surface area contributed by atoms with Crippen molar-refractivity contribution in [3.8, 4) is 0 Å². The first kappa shape index (κ1) is 15.3. The molecule has 0 unspecified atom stereocenters. The van der Waals surface area contributed by atoms with Crippen molar-refractivity contribution in [3.05, 3.63) is 71.3 Å². The average molecular weight is 309 g/mol. The van der Waals surface area contributed by atoms with Crippen LogP contribution in [0.5, 0.6) is 0 Å². The molecule has 1 atom stereocenters. The van der Waals surface area contributed by atoms with Crippen molar-refractivity contribution in [3.63, 3.8) is 0 Å². The average Bonchev–Trinajstić information content (AvgIpc) is 2.59. The van der Waals surface area contributed by atoms with Gasteiger partial charge in [-0.1, -0.05) is 54.6 Å². The lowest BCUT2D eigenvalue weighted by Gasteiger charge is -2.38. The first-order chi connectivity index (χ1) is 11.2. The maximum absolute atomic E-state index is 12.6. The minimum absolute atomic E-state index is 0.0425. The Morgan fingerprint density at radius 1 is 1.00 bits per heavy atom. The summed E-state index contributed by atoms with van der Waals surface area (Å²) < 4.78 is 0. The van der Waals surface area contributed by atoms with Gasteiger partial charge in [0.05, 0.1) is 12.5 Å². The predicted octanol–water partition coefficient (Wildman–Crippen LogP) is 3.03. The van der Waals surface area contributed by atoms with E-state index in [2.05, 4.69) is 12.1 Å². The lowest BCUT2D eigenvalue weighted by atomic mass is 9.88. The van der Waals surface area contributed by atoms with Crippen molar-refractivity contribution in [1.82, 2.24) is 4.90 Å². The van der Waals surface area contributed by atoms with Crippen LogP contribution >= 0.6 is 0 Å². The summed E-state index contributed by atoms with van der Waals surface area (Å²) in [4.78, 5) is 25.1. The van der Waals surface area contributed by atoms with Gasteiger partial charge in [-0.15, -0.1) is 0 Å². The number of rotatable bonds is 4. The standard InChI is InChI=1S/C19H19NO3/c21-17(10-11-18(22)23)20-13-12-14-6-4-5-9-16(14)19(20)15-7-2-1-3-8-15/h1-9,19H,10-13H2,(H,22,23)/t19-/m0/s1. The monoisotopic (exact) mass is 309 g/mol. The number of hydrogen-bond donors (Lipinski definition) is 1. The van der Waals surface area contributed by atoms with Gasteiger partial charge in [0.15, 0.2) is 0 Å². The molecule has 4 nitrogen and oxygen atoms in total. The van der Waals surface area contributed by atoms with Gasteiger partial charge in [-0.2, -0.15) is 0 Å². The summed E-state index contributed by atoms with van der Waals surface area (Å²) >= 11 is 0. The summed E-state index contributed by atoms with van der Waals surface area (Å²) in [7, 11) is 0. The lowest BCUT2D eigenvalue weighted by Crippen LogP contribution is -2.40. The van der Waals surface area contributed by atoms with E-state index in [4.69, 9.17) is 5.11 Å². The molecular weight excluding hydrogens is 290 g/mol. The molecule has 0 bridgehead atoms. The van der Waals surface area contributed by atoms with E-state index in [1.807, 2.05) is 47.4 Å². The molecule has 4 heteroatoms. The van der Waals surface area contributed by atoms with Crippen molar-refractivity contribution in [1.29, 1.82) is 0 Å². The van der Waals surface area contributed by atoms with Crippen molar-refractivity contribution in [2.24, 2.45) is 0 Å². The van der Waals surface area contributed by atoms with Gasteiger partial charge in [0.2, 0.25) is 5.91 Å². The molecule has 1 aliphatic rings. The van der Waals surface area contributed by atoms with Crippen molar-refractivity contribution in [2.45, 2.75) is 25.3 Å². The lowest BCUT2D eigenvalue weighted by molar-refractivity contribution is -0.141. The van der Waals surface area contributed by atoms with Gasteiger partial charge < -0.3 is 10.0 Å². The van der Waals surface area contributed by atoms with Crippen molar-refractivity contribution < 1.29 is 14.7 Å². The molecule has 0 aromatic heterocycles. The van der Waals surface area contributed by atoms with Gasteiger partial charge in [0.25, 0.3) is 0 Å². The third-order valence-electron chi connectivity index (χ3n) is 4.27. The summed E-state index contributed by atoms with van der Waals surface area (Å²) in [5.74, 6) is -1.04. The largest absolute Gasteiger partial charge is 0.481 e. The van der Waals surface area contributed by atoms with E-state index < -0.39 is 5.97 Å². The molecule has 1 aliphatic heterocycles. The molecule has 23 heavy (non-hydrogen) atoms. The number of carboxylic acids is 1. The van der Waals surface area contributed by atoms with Gasteiger partial charge in [0, 0.05) is 13.0 Å². The zero-order chi connectivity index (χ0) is 16.2. The molecule has 0 saturated carbocycles. The summed E-state index contributed by atoms with van der Waals surface area (Å²) in [5.41, 5.74) is 3.44. The molecular formula is C19H19NO3. The Morgan fingerprint density at radius 3 is 2.43 bits per heavy atom. The summed E-state index contributed by atoms with van der Waals surface area (Å²) in [6, 6.07) is 17.9. The maximum Gasteiger partial charge on any atom is 0.303 e. The first-order valence-electron chi connectivity index (χ1n) is 7.81. The number of hydrogen-bond acceptors (Lipinski definition) is 2. The summed E-state index contributed by atoms with van der Waals surface area (Å²) in [5, 5.41) is 8.83. The van der Waals surface area contributed by atoms with Crippen LogP contribution in [0.2, 0.25) is 0 Å². The van der Waals surface area contributed by atoms with Gasteiger partial charge in [-0.25, -0.2) is 0 Å². The maximum atomic E-state index is 12.6. The molecule has 1 heterocycles. The SMILES string of the molecule is O=C(O)CCC(=O)N1CCc2ccccc2[C@@H]1c1ccccc1. The second kappa shape index (κ2) is 6.65. The van der Waals surface area contributed by atoms with Crippen LogP contribution in [0, 0.1) is 0 Å². The second-order valence-corrected chi connectivity index (χ2v) is 5.74. The van der Waals surface area contributed by atoms with Gasteiger partial charge in [0.1, 0.15) is 0 Å². The number of carboxylic acid groups (broad SMARTS) is 1. The number of carbonyl (C=O) groups excluding carboxylic acids is 1. The van der Waals surface area contributed by atoms with Gasteiger partial charge in [-0.05, 0) is 23.1 Å². The van der Waals surface area contributed by atoms with Crippen molar-refractivity contribution in [2.75, 3.05) is 6.54 Å². The highest BCUT2D eigenvalue weighted by Gasteiger charge is 2.31. The Hall–Kier alpha value is -2.62. The van der Waals surface area contributed by atoms with E-state index >= 15 is 0 Å². The van der Waals surface area contributed by atoms with E-state index in [0.717, 1.165) is 17.5 Å². The van der Waals surface area contributed by atoms with Gasteiger partial charge >= 0.3 is 5.97 Å². The number of fused-ring (bicyclic) bond motifs is 1. The minimum Gasteiger partial charge on any atom is -0.481 e. The van der Waals surface area contributed by atoms with Crippen LogP contribution in [-0.4, -0.2) is 28.4 Å². The van der Waals surface area contributed by atoms with Crippen molar-refractivity contribution >= 4 is 11.9 Å². The summed E-state index contributed by atoms with van der Waals surface area (Å²) in [6.45, 7) is 0.620. The van der Waals surface area contributed by atoms with E-state index in [-0.39, 0.29) is 24.8 Å². The third-order valence-corrected chi connectivity index (χ3v) is 4.27. The van der Waals surface area contributed by atoms with E-state index in [9.17, 15) is 9.59 Å². The zero-order valence-corrected chi connectivity index (χ0v) is 12.8. The first-order valence-corrected chi connectivity index (χ1v) is 7.81. The molecule has 2 aromatic rings. The van der Waals surface area contributed by atoms with Gasteiger partial charge in [-0.3, -0.25) is 9.59 Å². The van der Waals surface area contributed by atoms with Crippen LogP contribution in [0.4, 0.5) is 0 Å². The quantitative estimate of drug-likeness (QED) is 0.944. The number of aliphatic carboxylic acids is 1. The fourth-order valence-corrected chi connectivity index (χ4v) is 3.19. The minimum atomic E-state index is -0.938. The van der Waals surface area contributed by atoms with Crippen LogP contribution in [-0.2, 0) is 16.0 Å². The summed E-state index contributed by atoms with van der Waals surface area (Å²) in [6.07, 6.45) is 0.720. The smallest absolute Gasteiger partial charge is 0.303 e. The zero-order valence-electron chi connectivity index (χ0n) is 12.8. The van der Waals surface area contributed by atoms with Crippen LogP contribution in [0.15, 0.2) is 54.6 Å². The predicted molar refractivity (Wildman–Crippen MR) is 87.0 cm³/mol. The molecule has 0 fully saturated rings. The number of nitrogens with zero attached hydrogens (tertiary/aromatic N) is 1. The molecule has 1 amide bonds. The number of benzene rings is 2. The molecule has 3 rings (SSSR count). The topological polar surface area (TPSA) is 57.6 Å². The normalized spacial score (nSPS) is 16.7. The molecule has 1 N–H and O–H groups in total. The highest BCUT2D eigenvalue weighted by Crippen LogP contribution is 2.35.